The first-order chi connectivity index (χ1) is 8.78. The van der Waals surface area contributed by atoms with E-state index in [1.807, 2.05) is 0 Å². The number of hydrogen-bond donors (Lipinski definition) is 0. The van der Waals surface area contributed by atoms with Gasteiger partial charge in [-0.05, 0) is 12.1 Å². The molecule has 1 aromatic heterocycles. The van der Waals surface area contributed by atoms with E-state index < -0.39 is 24.2 Å². The van der Waals surface area contributed by atoms with Crippen LogP contribution in [0, 0.1) is 0 Å². The Bertz CT molecular complexity index is 807. The van der Waals surface area contributed by atoms with Crippen LogP contribution in [0.2, 0.25) is 0 Å². The van der Waals surface area contributed by atoms with Gasteiger partial charge in [0.2, 0.25) is 5.89 Å². The molecule has 7 nitrogen and oxygen atoms in total. The van der Waals surface area contributed by atoms with Gasteiger partial charge in [0, 0.05) is 22.5 Å². The van der Waals surface area contributed by atoms with Crippen LogP contribution in [-0.2, 0) is 19.0 Å². The van der Waals surface area contributed by atoms with Gasteiger partial charge in [-0.2, -0.15) is 8.42 Å². The fourth-order valence-electron chi connectivity index (χ4n) is 1.26. The van der Waals surface area contributed by atoms with Crippen LogP contribution < -0.4 is 0 Å². The van der Waals surface area contributed by atoms with Gasteiger partial charge in [0.05, 0.1) is 0 Å². The van der Waals surface area contributed by atoms with E-state index in [-0.39, 0.29) is 5.89 Å². The molecule has 0 unspecified atom stereocenters. The van der Waals surface area contributed by atoms with Gasteiger partial charge in [-0.25, -0.2) is 4.21 Å². The molecule has 10 heteroatoms. The van der Waals surface area contributed by atoms with Crippen molar-refractivity contribution in [3.05, 3.63) is 30.3 Å². The molecule has 0 spiro atoms. The van der Waals surface area contributed by atoms with Crippen molar-refractivity contribution < 1.29 is 17.0 Å². The highest BCUT2D eigenvalue weighted by molar-refractivity contribution is 8.17. The molecule has 0 fully saturated rings. The number of aromatic nitrogens is 2. The molecule has 2 rings (SSSR count). The highest BCUT2D eigenvalue weighted by atomic mass is 35.7. The van der Waals surface area contributed by atoms with Gasteiger partial charge in [-0.1, -0.05) is 27.1 Å². The second kappa shape index (κ2) is 4.91. The summed E-state index contributed by atoms with van der Waals surface area (Å²) in [5, 5.41) is 6.84. The Morgan fingerprint density at radius 2 is 1.79 bits per heavy atom. The lowest BCUT2D eigenvalue weighted by atomic mass is 10.2. The van der Waals surface area contributed by atoms with E-state index in [0.717, 1.165) is 6.26 Å². The Morgan fingerprint density at radius 1 is 1.16 bits per heavy atom. The average Bonchev–Trinajstić information content (AvgIpc) is 2.77. The highest BCUT2D eigenvalue weighted by Gasteiger charge is 2.19. The summed E-state index contributed by atoms with van der Waals surface area (Å²) in [6, 6.07) is 8.75. The van der Waals surface area contributed by atoms with Crippen LogP contribution in [0.25, 0.3) is 11.5 Å². The van der Waals surface area contributed by atoms with Crippen LogP contribution in [-0.4, -0.2) is 29.1 Å². The lowest BCUT2D eigenvalue weighted by molar-refractivity contribution is 0.455. The van der Waals surface area contributed by atoms with Crippen molar-refractivity contribution >= 4 is 29.6 Å². The third-order valence-corrected chi connectivity index (χ3v) is 5.15. The zero-order chi connectivity index (χ0) is 14.1. The fourth-order valence-corrected chi connectivity index (χ4v) is 4.27. The summed E-state index contributed by atoms with van der Waals surface area (Å²) in [7, 11) is -2.75. The average molecular weight is 322 g/mol. The van der Waals surface area contributed by atoms with E-state index in [4.69, 9.17) is 15.1 Å². The highest BCUT2D eigenvalue weighted by Crippen LogP contribution is 2.20. The van der Waals surface area contributed by atoms with E-state index in [1.165, 1.54) is 0 Å². The lowest BCUT2D eigenvalue weighted by Crippen LogP contribution is -2.00. The Balaban J connectivity index is 2.49. The van der Waals surface area contributed by atoms with Crippen LogP contribution in [0.5, 0.6) is 0 Å². The number of rotatable bonds is 3. The molecule has 0 amide bonds. The molecule has 0 bridgehead atoms. The predicted octanol–water partition coefficient (Wildman–Crippen LogP) is 1.68. The zero-order valence-corrected chi connectivity index (χ0v) is 11.9. The second-order valence-electron chi connectivity index (χ2n) is 3.53. The maximum absolute atomic E-state index is 12.0. The second-order valence-corrected chi connectivity index (χ2v) is 8.07. The first kappa shape index (κ1) is 14.0. The quantitative estimate of drug-likeness (QED) is 0.797. The van der Waals surface area contributed by atoms with Gasteiger partial charge in [0.25, 0.3) is 0 Å². The summed E-state index contributed by atoms with van der Waals surface area (Å²) < 4.78 is 41.8. The third-order valence-electron chi connectivity index (χ3n) is 1.98. The summed E-state index contributed by atoms with van der Waals surface area (Å²) >= 11 is 0. The van der Waals surface area contributed by atoms with Gasteiger partial charge in [0.15, 0.2) is 0 Å². The number of nitrogens with zero attached hydrogens (tertiary/aromatic N) is 3. The summed E-state index contributed by atoms with van der Waals surface area (Å²) in [6.45, 7) is 0. The van der Waals surface area contributed by atoms with E-state index in [2.05, 4.69) is 14.0 Å². The molecule has 2 aromatic rings. The largest absolute Gasteiger partial charge is 0.409 e. The molecular weight excluding hydrogens is 314 g/mol. The summed E-state index contributed by atoms with van der Waals surface area (Å²) in [5.74, 6) is 0.118. The SMILES string of the molecule is C[S@@](=O)(=NS(=O)(=O)Cl)c1nnc(-c2ccccc2)o1. The van der Waals surface area contributed by atoms with Gasteiger partial charge in [-0.3, -0.25) is 0 Å². The third kappa shape index (κ3) is 3.52. The van der Waals surface area contributed by atoms with Crippen molar-refractivity contribution in [2.75, 3.05) is 6.26 Å². The molecule has 0 saturated carbocycles. The van der Waals surface area contributed by atoms with Gasteiger partial charge in [0.1, 0.15) is 9.73 Å². The molecule has 102 valence electrons. The minimum atomic E-state index is -4.29. The van der Waals surface area contributed by atoms with E-state index in [1.54, 1.807) is 30.3 Å². The molecule has 0 saturated heterocycles. The minimum absolute atomic E-state index is 0.118. The van der Waals surface area contributed by atoms with Crippen LogP contribution in [0.3, 0.4) is 0 Å². The van der Waals surface area contributed by atoms with E-state index in [0.29, 0.717) is 5.56 Å². The van der Waals surface area contributed by atoms with Crippen molar-refractivity contribution in [1.29, 1.82) is 0 Å². The van der Waals surface area contributed by atoms with Crippen molar-refractivity contribution in [3.8, 4) is 11.5 Å². The van der Waals surface area contributed by atoms with Gasteiger partial charge >= 0.3 is 14.5 Å². The smallest absolute Gasteiger partial charge is 0.347 e. The Kier molecular flexibility index (Phi) is 3.61. The maximum atomic E-state index is 12.0. The monoisotopic (exact) mass is 321 g/mol. The first-order valence-corrected chi connectivity index (χ1v) is 9.04. The first-order valence-electron chi connectivity index (χ1n) is 4.85. The topological polar surface area (TPSA) is 102 Å². The van der Waals surface area contributed by atoms with E-state index >= 15 is 0 Å². The van der Waals surface area contributed by atoms with Crippen LogP contribution >= 0.6 is 10.7 Å². The van der Waals surface area contributed by atoms with E-state index in [9.17, 15) is 12.6 Å². The van der Waals surface area contributed by atoms with Crippen molar-refractivity contribution in [3.63, 3.8) is 0 Å². The van der Waals surface area contributed by atoms with Crippen molar-refractivity contribution in [2.24, 2.45) is 3.77 Å². The zero-order valence-electron chi connectivity index (χ0n) is 9.56. The summed E-state index contributed by atoms with van der Waals surface area (Å²) in [6.07, 6.45) is 1.05. The Hall–Kier alpha value is -1.45. The van der Waals surface area contributed by atoms with Crippen LogP contribution in [0.15, 0.2) is 43.7 Å². The van der Waals surface area contributed by atoms with Crippen molar-refractivity contribution in [2.45, 2.75) is 5.22 Å². The lowest BCUT2D eigenvalue weighted by Gasteiger charge is -1.95. The van der Waals surface area contributed by atoms with Crippen LogP contribution in [0.4, 0.5) is 0 Å². The molecule has 1 aromatic carbocycles. The minimum Gasteiger partial charge on any atom is -0.409 e. The molecule has 0 aliphatic rings. The number of benzene rings is 1. The van der Waals surface area contributed by atoms with Gasteiger partial charge < -0.3 is 4.42 Å². The fraction of sp³-hybridized carbons (Fsp3) is 0.111. The molecule has 0 aliphatic carbocycles. The van der Waals surface area contributed by atoms with Crippen molar-refractivity contribution in [1.82, 2.24) is 10.2 Å². The Labute approximate surface area is 114 Å². The molecule has 0 N–H and O–H groups in total. The molecule has 0 aliphatic heterocycles. The molecular formula is C9H8ClN3O4S2. The summed E-state index contributed by atoms with van der Waals surface area (Å²) in [5.41, 5.74) is 0.616. The predicted molar refractivity (Wildman–Crippen MR) is 69.3 cm³/mol. The summed E-state index contributed by atoms with van der Waals surface area (Å²) in [4.78, 5) is 0. The number of hydrogen-bond acceptors (Lipinski definition) is 6. The number of halogens is 1. The standard InChI is InChI=1S/C9H8ClN3O4S2/c1-18(14,13-19(10,15)16)9-12-11-8(17-9)7-5-3-2-4-6-7/h2-6H,1H3/t18-/m0/s1. The van der Waals surface area contributed by atoms with Crippen LogP contribution in [0.1, 0.15) is 0 Å². The molecule has 0 radical (unpaired) electrons. The normalized spacial score (nSPS) is 14.8. The molecule has 1 atom stereocenters. The van der Waals surface area contributed by atoms with Gasteiger partial charge in [-0.15, -0.1) is 5.10 Å². The molecule has 1 heterocycles. The Morgan fingerprint density at radius 3 is 2.37 bits per heavy atom. The maximum Gasteiger partial charge on any atom is 0.347 e. The molecule has 19 heavy (non-hydrogen) atoms.